The van der Waals surface area contributed by atoms with Crippen LogP contribution in [0.2, 0.25) is 0 Å². The molecule has 0 radical (unpaired) electrons. The van der Waals surface area contributed by atoms with Gasteiger partial charge in [-0.1, -0.05) is 38.0 Å². The van der Waals surface area contributed by atoms with Gasteiger partial charge in [0.25, 0.3) is 5.91 Å². The van der Waals surface area contributed by atoms with Crippen LogP contribution in [0, 0.1) is 12.8 Å². The molecule has 4 nitrogen and oxygen atoms in total. The first-order chi connectivity index (χ1) is 10.0. The summed E-state index contributed by atoms with van der Waals surface area (Å²) in [6, 6.07) is 7.63. The Morgan fingerprint density at radius 3 is 2.90 bits per heavy atom. The van der Waals surface area contributed by atoms with Crippen molar-refractivity contribution in [2.45, 2.75) is 45.1 Å². The topological polar surface area (TPSA) is 58.6 Å². The van der Waals surface area contributed by atoms with Gasteiger partial charge in [0.1, 0.15) is 5.75 Å². The summed E-state index contributed by atoms with van der Waals surface area (Å²) in [7, 11) is 0. The molecule has 2 atom stereocenters. The highest BCUT2D eigenvalue weighted by Gasteiger charge is 2.35. The Bertz CT molecular complexity index is 489. The van der Waals surface area contributed by atoms with E-state index in [4.69, 9.17) is 4.74 Å². The number of nitrogens with one attached hydrogen (secondary N) is 1. The second kappa shape index (κ2) is 6.94. The van der Waals surface area contributed by atoms with Crippen molar-refractivity contribution in [3.05, 3.63) is 29.8 Å². The van der Waals surface area contributed by atoms with E-state index in [0.29, 0.717) is 5.92 Å². The highest BCUT2D eigenvalue weighted by molar-refractivity contribution is 5.78. The third kappa shape index (κ3) is 4.21. The fourth-order valence-electron chi connectivity index (χ4n) is 3.15. The molecule has 2 N–H and O–H groups in total. The van der Waals surface area contributed by atoms with Crippen molar-refractivity contribution in [3.8, 4) is 5.75 Å². The molecule has 1 fully saturated rings. The summed E-state index contributed by atoms with van der Waals surface area (Å²) in [5.74, 6) is 1.09. The summed E-state index contributed by atoms with van der Waals surface area (Å²) in [4.78, 5) is 12.1. The number of aryl methyl sites for hydroxylation is 1. The molecule has 0 heterocycles. The van der Waals surface area contributed by atoms with Crippen LogP contribution in [0.3, 0.4) is 0 Å². The Balaban J connectivity index is 1.90. The zero-order valence-electron chi connectivity index (χ0n) is 12.9. The maximum Gasteiger partial charge on any atom is 0.258 e. The molecule has 1 aromatic carbocycles. The summed E-state index contributed by atoms with van der Waals surface area (Å²) < 4.78 is 5.56. The molecule has 0 aromatic heterocycles. The molecule has 1 aliphatic rings. The molecule has 1 aliphatic carbocycles. The molecule has 1 saturated carbocycles. The van der Waals surface area contributed by atoms with E-state index in [0.717, 1.165) is 37.0 Å². The van der Waals surface area contributed by atoms with Crippen LogP contribution < -0.4 is 10.1 Å². The predicted molar refractivity (Wildman–Crippen MR) is 82.3 cm³/mol. The standard InChI is InChI=1S/C17H25NO3/c1-13-6-5-9-17(10-13,12-19)18-16(20)11-21-15-8-4-3-7-14(15)2/h3-4,7-8,13,19H,5-6,9-12H2,1-2H3,(H,18,20). The molecule has 0 bridgehead atoms. The minimum Gasteiger partial charge on any atom is -0.484 e. The highest BCUT2D eigenvalue weighted by atomic mass is 16.5. The number of rotatable bonds is 5. The molecule has 0 saturated heterocycles. The molecule has 1 amide bonds. The molecule has 4 heteroatoms. The molecule has 0 spiro atoms. The lowest BCUT2D eigenvalue weighted by Gasteiger charge is -2.39. The Hall–Kier alpha value is -1.55. The number of hydrogen-bond donors (Lipinski definition) is 2. The van der Waals surface area contributed by atoms with Crippen molar-refractivity contribution in [1.82, 2.24) is 5.32 Å². The monoisotopic (exact) mass is 291 g/mol. The van der Waals surface area contributed by atoms with E-state index < -0.39 is 5.54 Å². The van der Waals surface area contributed by atoms with E-state index in [2.05, 4.69) is 12.2 Å². The Morgan fingerprint density at radius 1 is 1.48 bits per heavy atom. The minimum atomic E-state index is -0.468. The van der Waals surface area contributed by atoms with Crippen LogP contribution in [0.4, 0.5) is 0 Å². The van der Waals surface area contributed by atoms with Gasteiger partial charge >= 0.3 is 0 Å². The maximum atomic E-state index is 12.1. The van der Waals surface area contributed by atoms with Crippen LogP contribution in [0.25, 0.3) is 0 Å². The van der Waals surface area contributed by atoms with Crippen LogP contribution in [-0.4, -0.2) is 29.8 Å². The summed E-state index contributed by atoms with van der Waals surface area (Å²) in [5.41, 5.74) is 0.539. The fourth-order valence-corrected chi connectivity index (χ4v) is 3.15. The van der Waals surface area contributed by atoms with Gasteiger partial charge < -0.3 is 15.2 Å². The summed E-state index contributed by atoms with van der Waals surface area (Å²) >= 11 is 0. The fraction of sp³-hybridized carbons (Fsp3) is 0.588. The molecule has 2 rings (SSSR count). The number of ether oxygens (including phenoxy) is 1. The molecule has 1 aromatic rings. The number of para-hydroxylation sites is 1. The Labute approximate surface area is 126 Å². The Morgan fingerprint density at radius 2 is 2.24 bits per heavy atom. The van der Waals surface area contributed by atoms with Gasteiger partial charge in [0, 0.05) is 0 Å². The van der Waals surface area contributed by atoms with Crippen LogP contribution in [-0.2, 0) is 4.79 Å². The van der Waals surface area contributed by atoms with E-state index >= 15 is 0 Å². The zero-order chi connectivity index (χ0) is 15.3. The lowest BCUT2D eigenvalue weighted by atomic mass is 9.77. The van der Waals surface area contributed by atoms with Crippen LogP contribution in [0.5, 0.6) is 5.75 Å². The molecule has 2 unspecified atom stereocenters. The smallest absolute Gasteiger partial charge is 0.258 e. The van der Waals surface area contributed by atoms with Crippen molar-refractivity contribution in [2.24, 2.45) is 5.92 Å². The van der Waals surface area contributed by atoms with Gasteiger partial charge in [0.15, 0.2) is 6.61 Å². The van der Waals surface area contributed by atoms with Gasteiger partial charge in [-0.15, -0.1) is 0 Å². The van der Waals surface area contributed by atoms with Gasteiger partial charge in [-0.25, -0.2) is 0 Å². The minimum absolute atomic E-state index is 0.00650. The first-order valence-electron chi connectivity index (χ1n) is 7.65. The number of carbonyl (C=O) groups excluding carboxylic acids is 1. The van der Waals surface area contributed by atoms with E-state index in [1.807, 2.05) is 31.2 Å². The van der Waals surface area contributed by atoms with Gasteiger partial charge in [-0.3, -0.25) is 4.79 Å². The van der Waals surface area contributed by atoms with Crippen molar-refractivity contribution < 1.29 is 14.6 Å². The van der Waals surface area contributed by atoms with E-state index in [1.54, 1.807) is 0 Å². The van der Waals surface area contributed by atoms with Crippen LogP contribution in [0.15, 0.2) is 24.3 Å². The lowest BCUT2D eigenvalue weighted by molar-refractivity contribution is -0.126. The number of carbonyl (C=O) groups is 1. The largest absolute Gasteiger partial charge is 0.484 e. The van der Waals surface area contributed by atoms with E-state index in [-0.39, 0.29) is 19.1 Å². The van der Waals surface area contributed by atoms with Gasteiger partial charge in [-0.05, 0) is 37.3 Å². The van der Waals surface area contributed by atoms with E-state index in [9.17, 15) is 9.90 Å². The number of amides is 1. The summed E-state index contributed by atoms with van der Waals surface area (Å²) in [6.07, 6.45) is 3.88. The van der Waals surface area contributed by atoms with Gasteiger partial charge in [-0.2, -0.15) is 0 Å². The molecule has 21 heavy (non-hydrogen) atoms. The van der Waals surface area contributed by atoms with E-state index in [1.165, 1.54) is 0 Å². The SMILES string of the molecule is Cc1ccccc1OCC(=O)NC1(CO)CCCC(C)C1. The predicted octanol–water partition coefficient (Wildman–Crippen LogP) is 2.43. The average Bonchev–Trinajstić information content (AvgIpc) is 2.46. The van der Waals surface area contributed by atoms with Crippen LogP contribution >= 0.6 is 0 Å². The first-order valence-corrected chi connectivity index (χ1v) is 7.65. The second-order valence-electron chi connectivity index (χ2n) is 6.24. The van der Waals surface area contributed by atoms with Gasteiger partial charge in [0.2, 0.25) is 0 Å². The molecule has 116 valence electrons. The normalized spacial score (nSPS) is 25.4. The third-order valence-corrected chi connectivity index (χ3v) is 4.25. The molecule has 0 aliphatic heterocycles. The number of hydrogen-bond acceptors (Lipinski definition) is 3. The highest BCUT2D eigenvalue weighted by Crippen LogP contribution is 2.31. The quantitative estimate of drug-likeness (QED) is 0.876. The zero-order valence-corrected chi connectivity index (χ0v) is 12.9. The number of aliphatic hydroxyl groups is 1. The summed E-state index contributed by atoms with van der Waals surface area (Å²) in [6.45, 7) is 4.10. The maximum absolute atomic E-state index is 12.1. The Kier molecular flexibility index (Phi) is 5.23. The summed E-state index contributed by atoms with van der Waals surface area (Å²) in [5, 5.41) is 12.7. The first kappa shape index (κ1) is 15.8. The van der Waals surface area contributed by atoms with Gasteiger partial charge in [0.05, 0.1) is 12.1 Å². The average molecular weight is 291 g/mol. The van der Waals surface area contributed by atoms with Crippen molar-refractivity contribution in [2.75, 3.05) is 13.2 Å². The van der Waals surface area contributed by atoms with Crippen LogP contribution in [0.1, 0.15) is 38.2 Å². The van der Waals surface area contributed by atoms with Crippen molar-refractivity contribution in [1.29, 1.82) is 0 Å². The second-order valence-corrected chi connectivity index (χ2v) is 6.24. The molecular weight excluding hydrogens is 266 g/mol. The van der Waals surface area contributed by atoms with Crippen molar-refractivity contribution >= 4 is 5.91 Å². The number of benzene rings is 1. The van der Waals surface area contributed by atoms with Crippen molar-refractivity contribution in [3.63, 3.8) is 0 Å². The number of aliphatic hydroxyl groups excluding tert-OH is 1. The third-order valence-electron chi connectivity index (χ3n) is 4.25. The lowest BCUT2D eigenvalue weighted by Crippen LogP contribution is -2.55. The molecular formula is C17H25NO3.